The monoisotopic (exact) mass is 244 g/mol. The summed E-state index contributed by atoms with van der Waals surface area (Å²) in [6.07, 6.45) is 1.11. The van der Waals surface area contributed by atoms with Crippen molar-refractivity contribution < 1.29 is 18.4 Å². The Labute approximate surface area is 93.2 Å². The quantitative estimate of drug-likeness (QED) is 0.341. The Balaban J connectivity index is 2.84. The van der Waals surface area contributed by atoms with Gasteiger partial charge in [0.25, 0.3) is 0 Å². The van der Waals surface area contributed by atoms with Gasteiger partial charge in [-0.3, -0.25) is 0 Å². The average molecular weight is 244 g/mol. The smallest absolute Gasteiger partial charge is 0.177 e. The van der Waals surface area contributed by atoms with E-state index in [1.165, 1.54) is 12.1 Å². The van der Waals surface area contributed by atoms with Crippen molar-refractivity contribution in [3.63, 3.8) is 0 Å². The lowest BCUT2D eigenvalue weighted by molar-refractivity contribution is 0.306. The first-order valence-electron chi connectivity index (χ1n) is 4.33. The van der Waals surface area contributed by atoms with Gasteiger partial charge in [0.05, 0.1) is 4.90 Å². The lowest BCUT2D eigenvalue weighted by atomic mass is 10.3. The van der Waals surface area contributed by atoms with Crippen LogP contribution in [0, 0.1) is 0 Å². The molecule has 1 rings (SSSR count). The van der Waals surface area contributed by atoms with E-state index >= 15 is 0 Å². The van der Waals surface area contributed by atoms with Gasteiger partial charge >= 0.3 is 0 Å². The van der Waals surface area contributed by atoms with Crippen LogP contribution in [0.1, 0.15) is 0 Å². The normalized spacial score (nSPS) is 12.4. The maximum Gasteiger partial charge on any atom is 0.177 e. The minimum atomic E-state index is -3.26. The van der Waals surface area contributed by atoms with Gasteiger partial charge in [-0.15, -0.1) is 0 Å². The highest BCUT2D eigenvalue weighted by Gasteiger charge is 2.07. The van der Waals surface area contributed by atoms with Crippen molar-refractivity contribution in [2.75, 3.05) is 12.9 Å². The van der Waals surface area contributed by atoms with Crippen LogP contribution in [-0.2, 0) is 9.84 Å². The predicted octanol–water partition coefficient (Wildman–Crippen LogP) is 0.215. The van der Waals surface area contributed by atoms with Crippen molar-refractivity contribution in [1.29, 1.82) is 0 Å². The molecule has 0 unspecified atom stereocenters. The van der Waals surface area contributed by atoms with Crippen LogP contribution in [-0.4, -0.2) is 32.3 Å². The molecule has 0 amide bonds. The van der Waals surface area contributed by atoms with E-state index in [4.69, 9.17) is 15.7 Å². The molecule has 0 saturated heterocycles. The van der Waals surface area contributed by atoms with Gasteiger partial charge in [0, 0.05) is 6.26 Å². The van der Waals surface area contributed by atoms with Crippen LogP contribution in [0.3, 0.4) is 0 Å². The van der Waals surface area contributed by atoms with Crippen LogP contribution in [0.4, 0.5) is 0 Å². The van der Waals surface area contributed by atoms with Gasteiger partial charge in [-0.25, -0.2) is 8.42 Å². The van der Waals surface area contributed by atoms with E-state index in [1.807, 2.05) is 0 Å². The molecule has 16 heavy (non-hydrogen) atoms. The molecule has 1 aromatic rings. The highest BCUT2D eigenvalue weighted by molar-refractivity contribution is 7.90. The fourth-order valence-corrected chi connectivity index (χ4v) is 1.64. The van der Waals surface area contributed by atoms with Crippen molar-refractivity contribution in [2.24, 2.45) is 10.9 Å². The average Bonchev–Trinajstić information content (AvgIpc) is 2.25. The topological polar surface area (TPSA) is 102 Å². The summed E-state index contributed by atoms with van der Waals surface area (Å²) < 4.78 is 27.6. The van der Waals surface area contributed by atoms with E-state index in [1.54, 1.807) is 12.1 Å². The zero-order valence-corrected chi connectivity index (χ0v) is 9.44. The van der Waals surface area contributed by atoms with Gasteiger partial charge in [-0.2, -0.15) is 0 Å². The van der Waals surface area contributed by atoms with Crippen LogP contribution in [0.5, 0.6) is 5.75 Å². The van der Waals surface area contributed by atoms with Crippen LogP contribution in [0.25, 0.3) is 0 Å². The number of ether oxygens (including phenoxy) is 1. The lowest BCUT2D eigenvalue weighted by Crippen LogP contribution is -2.20. The van der Waals surface area contributed by atoms with Gasteiger partial charge in [-0.1, -0.05) is 11.2 Å². The zero-order valence-electron chi connectivity index (χ0n) is 8.62. The Bertz CT molecular complexity index is 496. The first-order chi connectivity index (χ1) is 7.43. The Morgan fingerprint density at radius 1 is 1.56 bits per heavy atom. The summed E-state index contributed by atoms with van der Waals surface area (Å²) >= 11 is 0. The second kappa shape index (κ2) is 4.84. The van der Waals surface area contributed by atoms with Crippen LogP contribution in [0.2, 0.25) is 0 Å². The molecule has 0 heterocycles. The number of hydrogen-bond acceptors (Lipinski definition) is 5. The number of oxime groups is 1. The summed E-state index contributed by atoms with van der Waals surface area (Å²) in [6.45, 7) is -0.107. The second-order valence-electron chi connectivity index (χ2n) is 3.13. The molecular weight excluding hydrogens is 232 g/mol. The van der Waals surface area contributed by atoms with Crippen molar-refractivity contribution in [1.82, 2.24) is 0 Å². The molecule has 6 nitrogen and oxygen atoms in total. The molecule has 1 aromatic carbocycles. The Hall–Kier alpha value is -1.76. The SMILES string of the molecule is CS(=O)(=O)c1cccc(OC/C(N)=N/O)c1. The molecule has 0 aliphatic rings. The van der Waals surface area contributed by atoms with Crippen molar-refractivity contribution >= 4 is 15.7 Å². The fourth-order valence-electron chi connectivity index (χ4n) is 0.981. The molecule has 0 radical (unpaired) electrons. The molecule has 0 bridgehead atoms. The van der Waals surface area contributed by atoms with Crippen LogP contribution >= 0.6 is 0 Å². The van der Waals surface area contributed by atoms with Gasteiger partial charge in [-0.05, 0) is 18.2 Å². The van der Waals surface area contributed by atoms with E-state index < -0.39 is 9.84 Å². The molecule has 88 valence electrons. The molecule has 3 N–H and O–H groups in total. The van der Waals surface area contributed by atoms with Gasteiger partial charge in [0.2, 0.25) is 0 Å². The Morgan fingerprint density at radius 3 is 2.81 bits per heavy atom. The molecule has 7 heteroatoms. The molecule has 0 spiro atoms. The van der Waals surface area contributed by atoms with E-state index in [0.717, 1.165) is 6.26 Å². The lowest BCUT2D eigenvalue weighted by Gasteiger charge is -2.06. The molecule has 0 fully saturated rings. The second-order valence-corrected chi connectivity index (χ2v) is 5.14. The number of nitrogens with zero attached hydrogens (tertiary/aromatic N) is 1. The van der Waals surface area contributed by atoms with E-state index in [2.05, 4.69) is 5.16 Å². The molecule has 0 aliphatic heterocycles. The highest BCUT2D eigenvalue weighted by Crippen LogP contribution is 2.17. The van der Waals surface area contributed by atoms with E-state index in [-0.39, 0.29) is 17.3 Å². The Morgan fingerprint density at radius 2 is 2.25 bits per heavy atom. The number of sulfone groups is 1. The maximum absolute atomic E-state index is 11.2. The van der Waals surface area contributed by atoms with Crippen molar-refractivity contribution in [3.8, 4) is 5.75 Å². The van der Waals surface area contributed by atoms with Gasteiger partial charge in [0.1, 0.15) is 12.4 Å². The Kier molecular flexibility index (Phi) is 3.73. The maximum atomic E-state index is 11.2. The summed E-state index contributed by atoms with van der Waals surface area (Å²) in [5.74, 6) is 0.249. The minimum absolute atomic E-state index is 0.0928. The van der Waals surface area contributed by atoms with Crippen molar-refractivity contribution in [2.45, 2.75) is 4.90 Å². The van der Waals surface area contributed by atoms with Crippen LogP contribution < -0.4 is 10.5 Å². The number of hydrogen-bond donors (Lipinski definition) is 2. The summed E-state index contributed by atoms with van der Waals surface area (Å²) in [5.41, 5.74) is 5.20. The summed E-state index contributed by atoms with van der Waals surface area (Å²) in [7, 11) is -3.26. The van der Waals surface area contributed by atoms with Crippen LogP contribution in [0.15, 0.2) is 34.3 Å². The van der Waals surface area contributed by atoms with Gasteiger partial charge < -0.3 is 15.7 Å². The third kappa shape index (κ3) is 3.43. The molecule has 0 aliphatic carbocycles. The van der Waals surface area contributed by atoms with Crippen molar-refractivity contribution in [3.05, 3.63) is 24.3 Å². The number of amidine groups is 1. The first kappa shape index (κ1) is 12.3. The largest absolute Gasteiger partial charge is 0.486 e. The standard InChI is InChI=1S/C9H12N2O4S/c1-16(13,14)8-4-2-3-7(5-8)15-6-9(10)11-12/h2-5,12H,6H2,1H3,(H2,10,11). The minimum Gasteiger partial charge on any atom is -0.486 e. The molecule has 0 saturated carbocycles. The summed E-state index contributed by atoms with van der Waals surface area (Å²) in [4.78, 5) is 0.157. The zero-order chi connectivity index (χ0) is 12.2. The predicted molar refractivity (Wildman–Crippen MR) is 58.5 cm³/mol. The van der Waals surface area contributed by atoms with E-state index in [0.29, 0.717) is 5.75 Å². The number of benzene rings is 1. The third-order valence-electron chi connectivity index (χ3n) is 1.75. The molecule has 0 atom stereocenters. The highest BCUT2D eigenvalue weighted by atomic mass is 32.2. The van der Waals surface area contributed by atoms with E-state index in [9.17, 15) is 8.42 Å². The first-order valence-corrected chi connectivity index (χ1v) is 6.22. The van der Waals surface area contributed by atoms with Gasteiger partial charge in [0.15, 0.2) is 15.7 Å². The summed E-state index contributed by atoms with van der Waals surface area (Å²) in [6, 6.07) is 5.98. The molecular formula is C9H12N2O4S. The number of nitrogens with two attached hydrogens (primary N) is 1. The third-order valence-corrected chi connectivity index (χ3v) is 2.86. The number of rotatable bonds is 4. The fraction of sp³-hybridized carbons (Fsp3) is 0.222. The molecule has 0 aromatic heterocycles. The summed E-state index contributed by atoms with van der Waals surface area (Å²) in [5, 5.41) is 11.0.